The number of aryl methyl sites for hydroxylation is 1. The lowest BCUT2D eigenvalue weighted by atomic mass is 10.0. The van der Waals surface area contributed by atoms with Crippen LogP contribution in [0.5, 0.6) is 0 Å². The van der Waals surface area contributed by atoms with E-state index in [4.69, 9.17) is 9.68 Å². The molecule has 2 aromatic rings. The molecule has 5 heteroatoms. The molecule has 0 radical (unpaired) electrons. The summed E-state index contributed by atoms with van der Waals surface area (Å²) in [6.07, 6.45) is 2.64. The summed E-state index contributed by atoms with van der Waals surface area (Å²) in [5.74, 6) is -1.34. The number of nitrogens with one attached hydrogen (secondary N) is 1. The highest BCUT2D eigenvalue weighted by Crippen LogP contribution is 2.09. The van der Waals surface area contributed by atoms with E-state index in [0.29, 0.717) is 5.76 Å². The summed E-state index contributed by atoms with van der Waals surface area (Å²) in [5.41, 5.74) is 0.895. The SMILES string of the molecule is Cc1ccc(/C=C\C(=O)[C@@H](C#N)C(=O)NCc2ccccc2)o1. The van der Waals surface area contributed by atoms with Crippen LogP contribution in [0.15, 0.2) is 53.0 Å². The Morgan fingerprint density at radius 1 is 1.26 bits per heavy atom. The number of rotatable bonds is 6. The van der Waals surface area contributed by atoms with Crippen LogP contribution in [0.2, 0.25) is 0 Å². The van der Waals surface area contributed by atoms with Gasteiger partial charge in [0.1, 0.15) is 11.5 Å². The Bertz CT molecular complexity index is 754. The molecule has 0 aliphatic heterocycles. The number of hydrogen-bond acceptors (Lipinski definition) is 4. The van der Waals surface area contributed by atoms with E-state index >= 15 is 0 Å². The third-order valence-electron chi connectivity index (χ3n) is 3.16. The fourth-order valence-electron chi connectivity index (χ4n) is 1.94. The Kier molecular flexibility index (Phi) is 5.48. The number of furan rings is 1. The number of allylic oxidation sites excluding steroid dienone is 1. The van der Waals surface area contributed by atoms with Crippen LogP contribution in [0.25, 0.3) is 6.08 Å². The molecule has 0 aliphatic rings. The fourth-order valence-corrected chi connectivity index (χ4v) is 1.94. The summed E-state index contributed by atoms with van der Waals surface area (Å²) in [7, 11) is 0. The predicted octanol–water partition coefficient (Wildman–Crippen LogP) is 2.63. The van der Waals surface area contributed by atoms with Gasteiger partial charge in [-0.3, -0.25) is 9.59 Å². The molecule has 1 aromatic carbocycles. The molecule has 0 saturated heterocycles. The molecule has 0 spiro atoms. The van der Waals surface area contributed by atoms with Crippen LogP contribution in [0.4, 0.5) is 0 Å². The summed E-state index contributed by atoms with van der Waals surface area (Å²) in [5, 5.41) is 11.7. The minimum absolute atomic E-state index is 0.270. The molecule has 0 aliphatic carbocycles. The quantitative estimate of drug-likeness (QED) is 0.657. The van der Waals surface area contributed by atoms with Gasteiger partial charge in [0, 0.05) is 6.54 Å². The number of ketones is 1. The lowest BCUT2D eigenvalue weighted by Crippen LogP contribution is -2.33. The molecule has 0 unspecified atom stereocenters. The molecule has 1 atom stereocenters. The Balaban J connectivity index is 1.95. The van der Waals surface area contributed by atoms with Crippen molar-refractivity contribution >= 4 is 17.8 Å². The first-order chi connectivity index (χ1) is 11.1. The molecule has 2 rings (SSSR count). The van der Waals surface area contributed by atoms with Crippen molar-refractivity contribution in [2.45, 2.75) is 13.5 Å². The molecule has 1 amide bonds. The summed E-state index contributed by atoms with van der Waals surface area (Å²) >= 11 is 0. The van der Waals surface area contributed by atoms with Gasteiger partial charge >= 0.3 is 0 Å². The van der Waals surface area contributed by atoms with Gasteiger partial charge in [-0.15, -0.1) is 0 Å². The van der Waals surface area contributed by atoms with Gasteiger partial charge in [0.2, 0.25) is 5.91 Å². The van der Waals surface area contributed by atoms with Crippen LogP contribution in [0, 0.1) is 24.2 Å². The topological polar surface area (TPSA) is 83.1 Å². The Morgan fingerprint density at radius 3 is 2.61 bits per heavy atom. The third kappa shape index (κ3) is 4.68. The van der Waals surface area contributed by atoms with Crippen molar-refractivity contribution in [3.8, 4) is 6.07 Å². The number of nitriles is 1. The number of carbonyl (C=O) groups is 2. The maximum Gasteiger partial charge on any atom is 0.245 e. The van der Waals surface area contributed by atoms with E-state index in [9.17, 15) is 9.59 Å². The number of hydrogen-bond donors (Lipinski definition) is 1. The highest BCUT2D eigenvalue weighted by Gasteiger charge is 2.24. The van der Waals surface area contributed by atoms with Gasteiger partial charge in [0.25, 0.3) is 0 Å². The van der Waals surface area contributed by atoms with Crippen molar-refractivity contribution in [1.29, 1.82) is 5.26 Å². The largest absolute Gasteiger partial charge is 0.462 e. The van der Waals surface area contributed by atoms with Crippen LogP contribution >= 0.6 is 0 Å². The second-order valence-corrected chi connectivity index (χ2v) is 4.95. The van der Waals surface area contributed by atoms with Gasteiger partial charge in [0.05, 0.1) is 6.07 Å². The molecule has 1 heterocycles. The first-order valence-electron chi connectivity index (χ1n) is 7.10. The molecular formula is C18H16N2O3. The molecule has 1 N–H and O–H groups in total. The summed E-state index contributed by atoms with van der Waals surface area (Å²) in [6.45, 7) is 2.06. The Hall–Kier alpha value is -3.13. The second kappa shape index (κ2) is 7.76. The van der Waals surface area contributed by atoms with Crippen molar-refractivity contribution in [3.63, 3.8) is 0 Å². The average Bonchev–Trinajstić information content (AvgIpc) is 2.98. The van der Waals surface area contributed by atoms with Crippen molar-refractivity contribution < 1.29 is 14.0 Å². The van der Waals surface area contributed by atoms with Crippen molar-refractivity contribution in [3.05, 3.63) is 65.6 Å². The van der Waals surface area contributed by atoms with Crippen molar-refractivity contribution in [2.75, 3.05) is 0 Å². The smallest absolute Gasteiger partial charge is 0.245 e. The zero-order valence-corrected chi connectivity index (χ0v) is 12.7. The van der Waals surface area contributed by atoms with Crippen LogP contribution < -0.4 is 5.32 Å². The van der Waals surface area contributed by atoms with E-state index in [0.717, 1.165) is 11.3 Å². The van der Waals surface area contributed by atoms with Crippen LogP contribution in [-0.2, 0) is 16.1 Å². The standard InChI is InChI=1S/C18H16N2O3/c1-13-7-8-15(23-13)9-10-17(21)16(11-19)18(22)20-12-14-5-3-2-4-6-14/h2-10,16H,12H2,1H3,(H,20,22)/b10-9-/t16-/m1/s1. The average molecular weight is 308 g/mol. The minimum Gasteiger partial charge on any atom is -0.462 e. The lowest BCUT2D eigenvalue weighted by molar-refractivity contribution is -0.129. The lowest BCUT2D eigenvalue weighted by Gasteiger charge is -2.07. The second-order valence-electron chi connectivity index (χ2n) is 4.95. The van der Waals surface area contributed by atoms with Crippen LogP contribution in [0.3, 0.4) is 0 Å². The predicted molar refractivity (Wildman–Crippen MR) is 84.9 cm³/mol. The van der Waals surface area contributed by atoms with E-state index in [-0.39, 0.29) is 6.54 Å². The minimum atomic E-state index is -1.37. The van der Waals surface area contributed by atoms with Gasteiger partial charge in [-0.2, -0.15) is 5.26 Å². The molecule has 5 nitrogen and oxygen atoms in total. The van der Waals surface area contributed by atoms with Gasteiger partial charge < -0.3 is 9.73 Å². The first kappa shape index (κ1) is 16.2. The maximum absolute atomic E-state index is 12.0. The summed E-state index contributed by atoms with van der Waals surface area (Å²) in [4.78, 5) is 24.0. The van der Waals surface area contributed by atoms with E-state index < -0.39 is 17.6 Å². The number of amides is 1. The van der Waals surface area contributed by atoms with E-state index in [2.05, 4.69) is 5.32 Å². The van der Waals surface area contributed by atoms with E-state index in [1.165, 1.54) is 12.2 Å². The van der Waals surface area contributed by atoms with E-state index in [1.807, 2.05) is 30.3 Å². The molecule has 23 heavy (non-hydrogen) atoms. The molecule has 0 bridgehead atoms. The van der Waals surface area contributed by atoms with Crippen LogP contribution in [-0.4, -0.2) is 11.7 Å². The molecule has 116 valence electrons. The zero-order chi connectivity index (χ0) is 16.7. The maximum atomic E-state index is 12.0. The van der Waals surface area contributed by atoms with E-state index in [1.54, 1.807) is 25.1 Å². The van der Waals surface area contributed by atoms with Gasteiger partial charge in [-0.25, -0.2) is 0 Å². The van der Waals surface area contributed by atoms with Crippen molar-refractivity contribution in [2.24, 2.45) is 5.92 Å². The zero-order valence-electron chi connectivity index (χ0n) is 12.7. The van der Waals surface area contributed by atoms with Gasteiger partial charge in [-0.1, -0.05) is 30.3 Å². The fraction of sp³-hybridized carbons (Fsp3) is 0.167. The molecule has 0 fully saturated rings. The number of nitrogens with zero attached hydrogens (tertiary/aromatic N) is 1. The number of benzene rings is 1. The Morgan fingerprint density at radius 2 is 2.00 bits per heavy atom. The summed E-state index contributed by atoms with van der Waals surface area (Å²) < 4.78 is 5.29. The third-order valence-corrected chi connectivity index (χ3v) is 3.16. The Labute approximate surface area is 134 Å². The highest BCUT2D eigenvalue weighted by atomic mass is 16.3. The van der Waals surface area contributed by atoms with Crippen LogP contribution in [0.1, 0.15) is 17.1 Å². The first-order valence-corrected chi connectivity index (χ1v) is 7.10. The van der Waals surface area contributed by atoms with Gasteiger partial charge in [-0.05, 0) is 36.8 Å². The molecule has 1 aromatic heterocycles. The summed E-state index contributed by atoms with van der Waals surface area (Å²) in [6, 6.07) is 14.5. The number of carbonyl (C=O) groups excluding carboxylic acids is 2. The molecular weight excluding hydrogens is 292 g/mol. The molecule has 0 saturated carbocycles. The highest BCUT2D eigenvalue weighted by molar-refractivity contribution is 6.10. The van der Waals surface area contributed by atoms with Crippen molar-refractivity contribution in [1.82, 2.24) is 5.32 Å². The monoisotopic (exact) mass is 308 g/mol. The van der Waals surface area contributed by atoms with Gasteiger partial charge in [0.15, 0.2) is 11.7 Å². The normalized spacial score (nSPS) is 11.8.